The molecule has 4 unspecified atom stereocenters. The average Bonchev–Trinajstić information content (AvgIpc) is 3.00. The number of ether oxygens (including phenoxy) is 1. The highest BCUT2D eigenvalue weighted by atomic mass is 19.3. The van der Waals surface area contributed by atoms with Crippen molar-refractivity contribution in [2.45, 2.75) is 44.8 Å². The molecule has 2 aliphatic rings. The molecule has 0 radical (unpaired) electrons. The van der Waals surface area contributed by atoms with Crippen molar-refractivity contribution < 1.29 is 18.6 Å². The van der Waals surface area contributed by atoms with Crippen molar-refractivity contribution in [3.63, 3.8) is 0 Å². The molecular formula is C16H20F2O2. The Morgan fingerprint density at radius 2 is 2.10 bits per heavy atom. The first-order valence-corrected chi connectivity index (χ1v) is 7.34. The second kappa shape index (κ2) is 5.68. The Kier molecular flexibility index (Phi) is 3.92. The molecule has 20 heavy (non-hydrogen) atoms. The largest absolute Gasteiger partial charge is 0.435 e. The lowest BCUT2D eigenvalue weighted by Crippen LogP contribution is -2.14. The van der Waals surface area contributed by atoms with Crippen LogP contribution in [0, 0.1) is 17.8 Å². The molecule has 2 bridgehead atoms. The predicted octanol–water partition coefficient (Wildman–Crippen LogP) is 4.15. The zero-order valence-corrected chi connectivity index (χ0v) is 11.3. The summed E-state index contributed by atoms with van der Waals surface area (Å²) < 4.78 is 28.8. The lowest BCUT2D eigenvalue weighted by molar-refractivity contribution is -0.0500. The molecule has 2 fully saturated rings. The molecule has 0 heterocycles. The van der Waals surface area contributed by atoms with Gasteiger partial charge in [0.05, 0.1) is 6.10 Å². The third-order valence-corrected chi connectivity index (χ3v) is 4.88. The Labute approximate surface area is 117 Å². The van der Waals surface area contributed by atoms with Gasteiger partial charge in [0.1, 0.15) is 5.75 Å². The van der Waals surface area contributed by atoms with Gasteiger partial charge < -0.3 is 9.84 Å². The van der Waals surface area contributed by atoms with Crippen LogP contribution in [0.15, 0.2) is 24.3 Å². The van der Waals surface area contributed by atoms with Gasteiger partial charge in [0.25, 0.3) is 0 Å². The quantitative estimate of drug-likeness (QED) is 0.879. The van der Waals surface area contributed by atoms with E-state index in [1.165, 1.54) is 37.8 Å². The molecule has 4 heteroatoms. The molecule has 0 aliphatic heterocycles. The van der Waals surface area contributed by atoms with Crippen molar-refractivity contribution in [1.82, 2.24) is 0 Å². The van der Waals surface area contributed by atoms with Crippen molar-refractivity contribution in [2.75, 3.05) is 0 Å². The first-order chi connectivity index (χ1) is 9.61. The second-order valence-electron chi connectivity index (χ2n) is 6.14. The first kappa shape index (κ1) is 13.8. The van der Waals surface area contributed by atoms with E-state index in [4.69, 9.17) is 0 Å². The number of hydrogen-bond acceptors (Lipinski definition) is 2. The van der Waals surface area contributed by atoms with Gasteiger partial charge in [-0.2, -0.15) is 8.78 Å². The van der Waals surface area contributed by atoms with E-state index in [0.717, 1.165) is 18.3 Å². The number of aliphatic hydroxyl groups is 1. The summed E-state index contributed by atoms with van der Waals surface area (Å²) in [7, 11) is 0. The summed E-state index contributed by atoms with van der Waals surface area (Å²) in [5.74, 6) is 2.31. The van der Waals surface area contributed by atoms with Crippen molar-refractivity contribution in [3.8, 4) is 5.75 Å². The third kappa shape index (κ3) is 2.95. The summed E-state index contributed by atoms with van der Waals surface area (Å²) in [6.45, 7) is -2.83. The molecule has 4 atom stereocenters. The fraction of sp³-hybridized carbons (Fsp3) is 0.625. The van der Waals surface area contributed by atoms with Crippen LogP contribution in [0.5, 0.6) is 5.75 Å². The van der Waals surface area contributed by atoms with Gasteiger partial charge in [0.2, 0.25) is 0 Å². The van der Waals surface area contributed by atoms with Gasteiger partial charge in [-0.1, -0.05) is 18.6 Å². The Hall–Kier alpha value is -1.16. The van der Waals surface area contributed by atoms with E-state index < -0.39 is 12.7 Å². The van der Waals surface area contributed by atoms with E-state index in [-0.39, 0.29) is 5.75 Å². The SMILES string of the molecule is OC(CC1CC2CCC1C2)c1cccc(OC(F)F)c1. The normalized spacial score (nSPS) is 29.9. The van der Waals surface area contributed by atoms with E-state index in [1.807, 2.05) is 0 Å². The van der Waals surface area contributed by atoms with Crippen LogP contribution in [-0.2, 0) is 0 Å². The van der Waals surface area contributed by atoms with Crippen molar-refractivity contribution in [1.29, 1.82) is 0 Å². The maximum Gasteiger partial charge on any atom is 0.387 e. The van der Waals surface area contributed by atoms with Gasteiger partial charge in [-0.05, 0) is 61.1 Å². The molecular weight excluding hydrogens is 262 g/mol. The number of rotatable bonds is 5. The summed E-state index contributed by atoms with van der Waals surface area (Å²) in [4.78, 5) is 0. The number of hydrogen-bond donors (Lipinski definition) is 1. The van der Waals surface area contributed by atoms with Crippen LogP contribution in [-0.4, -0.2) is 11.7 Å². The molecule has 3 rings (SSSR count). The fourth-order valence-electron chi connectivity index (χ4n) is 3.99. The number of halogens is 2. The summed E-state index contributed by atoms with van der Waals surface area (Å²) in [5.41, 5.74) is 0.672. The number of fused-ring (bicyclic) bond motifs is 2. The van der Waals surface area contributed by atoms with Crippen LogP contribution in [0.1, 0.15) is 43.8 Å². The number of benzene rings is 1. The van der Waals surface area contributed by atoms with E-state index in [9.17, 15) is 13.9 Å². The Balaban J connectivity index is 1.63. The van der Waals surface area contributed by atoms with Gasteiger partial charge in [-0.25, -0.2) is 0 Å². The molecule has 1 aromatic carbocycles. The molecule has 1 aromatic rings. The Morgan fingerprint density at radius 1 is 1.25 bits per heavy atom. The van der Waals surface area contributed by atoms with Crippen LogP contribution >= 0.6 is 0 Å². The number of aliphatic hydroxyl groups excluding tert-OH is 1. The van der Waals surface area contributed by atoms with Gasteiger partial charge in [0, 0.05) is 0 Å². The van der Waals surface area contributed by atoms with E-state index in [1.54, 1.807) is 12.1 Å². The summed E-state index contributed by atoms with van der Waals surface area (Å²) in [6.07, 6.45) is 5.31. The van der Waals surface area contributed by atoms with Crippen molar-refractivity contribution >= 4 is 0 Å². The number of alkyl halides is 2. The van der Waals surface area contributed by atoms with E-state index in [2.05, 4.69) is 4.74 Å². The van der Waals surface area contributed by atoms with Gasteiger partial charge in [-0.3, -0.25) is 0 Å². The standard InChI is InChI=1S/C16H20F2O2/c17-16(18)20-14-3-1-2-12(8-14)15(19)9-13-7-10-4-5-11(13)6-10/h1-3,8,10-11,13,15-16,19H,4-7,9H2. The van der Waals surface area contributed by atoms with Gasteiger partial charge in [-0.15, -0.1) is 0 Å². The van der Waals surface area contributed by atoms with Crippen LogP contribution < -0.4 is 4.74 Å². The zero-order valence-electron chi connectivity index (χ0n) is 11.3. The highest BCUT2D eigenvalue weighted by molar-refractivity contribution is 5.30. The van der Waals surface area contributed by atoms with Crippen LogP contribution in [0.25, 0.3) is 0 Å². The fourth-order valence-corrected chi connectivity index (χ4v) is 3.99. The van der Waals surface area contributed by atoms with Crippen LogP contribution in [0.2, 0.25) is 0 Å². The smallest absolute Gasteiger partial charge is 0.387 e. The average molecular weight is 282 g/mol. The first-order valence-electron chi connectivity index (χ1n) is 7.34. The molecule has 2 aliphatic carbocycles. The molecule has 0 amide bonds. The molecule has 2 nitrogen and oxygen atoms in total. The zero-order chi connectivity index (χ0) is 14.1. The Morgan fingerprint density at radius 3 is 2.75 bits per heavy atom. The maximum absolute atomic E-state index is 12.2. The summed E-state index contributed by atoms with van der Waals surface area (Å²) >= 11 is 0. The van der Waals surface area contributed by atoms with Gasteiger partial charge in [0.15, 0.2) is 0 Å². The molecule has 1 N–H and O–H groups in total. The van der Waals surface area contributed by atoms with E-state index in [0.29, 0.717) is 11.5 Å². The monoisotopic (exact) mass is 282 g/mol. The maximum atomic E-state index is 12.2. The second-order valence-corrected chi connectivity index (χ2v) is 6.14. The highest BCUT2D eigenvalue weighted by Crippen LogP contribution is 2.50. The lowest BCUT2D eigenvalue weighted by Gasteiger charge is -2.24. The summed E-state index contributed by atoms with van der Waals surface area (Å²) in [6, 6.07) is 6.43. The minimum absolute atomic E-state index is 0.115. The van der Waals surface area contributed by atoms with Crippen molar-refractivity contribution in [3.05, 3.63) is 29.8 Å². The molecule has 2 saturated carbocycles. The van der Waals surface area contributed by atoms with Crippen LogP contribution in [0.4, 0.5) is 8.78 Å². The molecule has 0 spiro atoms. The molecule has 0 saturated heterocycles. The topological polar surface area (TPSA) is 29.5 Å². The Bertz CT molecular complexity index is 464. The third-order valence-electron chi connectivity index (χ3n) is 4.88. The molecule has 110 valence electrons. The summed E-state index contributed by atoms with van der Waals surface area (Å²) in [5, 5.41) is 10.3. The lowest BCUT2D eigenvalue weighted by atomic mass is 9.83. The highest BCUT2D eigenvalue weighted by Gasteiger charge is 2.40. The van der Waals surface area contributed by atoms with Gasteiger partial charge >= 0.3 is 6.61 Å². The predicted molar refractivity (Wildman–Crippen MR) is 71.6 cm³/mol. The van der Waals surface area contributed by atoms with E-state index >= 15 is 0 Å². The molecule has 0 aromatic heterocycles. The minimum atomic E-state index is -2.83. The van der Waals surface area contributed by atoms with Crippen LogP contribution in [0.3, 0.4) is 0 Å². The minimum Gasteiger partial charge on any atom is -0.435 e. The van der Waals surface area contributed by atoms with Crippen molar-refractivity contribution in [2.24, 2.45) is 17.8 Å².